The molecule has 258 valence electrons. The largest absolute Gasteiger partial charge is 0.481 e. The van der Waals surface area contributed by atoms with Gasteiger partial charge in [0.15, 0.2) is 0 Å². The molecular weight excluding hydrogens is 554 g/mol. The predicted molar refractivity (Wildman–Crippen MR) is 182 cm³/mol. The van der Waals surface area contributed by atoms with Crippen molar-refractivity contribution in [3.63, 3.8) is 0 Å². The molecule has 0 aliphatic carbocycles. The van der Waals surface area contributed by atoms with Crippen molar-refractivity contribution in [1.82, 2.24) is 0 Å². The number of unbranched alkanes of at least 4 members (excludes halogenated alkanes) is 18. The van der Waals surface area contributed by atoms with E-state index in [1.54, 1.807) is 20.8 Å². The van der Waals surface area contributed by atoms with Crippen molar-refractivity contribution in [3.05, 3.63) is 12.3 Å². The lowest BCUT2D eigenvalue weighted by Crippen LogP contribution is -2.47. The molecule has 3 N–H and O–H groups in total. The molecular formula is C37H70NO6+. The van der Waals surface area contributed by atoms with Gasteiger partial charge in [0, 0.05) is 19.3 Å². The van der Waals surface area contributed by atoms with Crippen molar-refractivity contribution in [2.24, 2.45) is 17.8 Å². The zero-order valence-electron chi connectivity index (χ0n) is 29.1. The number of aliphatic carboxylic acids is 3. The molecule has 0 fully saturated rings. The van der Waals surface area contributed by atoms with Gasteiger partial charge in [0.25, 0.3) is 0 Å². The molecule has 44 heavy (non-hydrogen) atoms. The molecule has 0 aliphatic rings. The van der Waals surface area contributed by atoms with Crippen LogP contribution in [0.2, 0.25) is 0 Å². The van der Waals surface area contributed by atoms with Gasteiger partial charge in [-0.15, -0.1) is 0 Å². The average Bonchev–Trinajstić information content (AvgIpc) is 2.99. The summed E-state index contributed by atoms with van der Waals surface area (Å²) in [6, 6.07) is 0. The highest BCUT2D eigenvalue weighted by molar-refractivity contribution is 5.70. The Morgan fingerprint density at radius 2 is 0.773 bits per heavy atom. The summed E-state index contributed by atoms with van der Waals surface area (Å²) in [5, 5.41) is 28.3. The Balaban J connectivity index is 4.46. The zero-order chi connectivity index (χ0) is 33.1. The monoisotopic (exact) mass is 625 g/mol. The van der Waals surface area contributed by atoms with E-state index >= 15 is 0 Å². The van der Waals surface area contributed by atoms with Crippen LogP contribution < -0.4 is 0 Å². The van der Waals surface area contributed by atoms with Crippen molar-refractivity contribution in [1.29, 1.82) is 0 Å². The van der Waals surface area contributed by atoms with E-state index < -0.39 is 35.7 Å². The molecule has 0 aromatic carbocycles. The van der Waals surface area contributed by atoms with Gasteiger partial charge in [-0.05, 0) is 18.9 Å². The Kier molecular flexibility index (Phi) is 26.2. The number of quaternary nitrogens is 1. The number of rotatable bonds is 32. The van der Waals surface area contributed by atoms with Crippen LogP contribution in [-0.2, 0) is 14.4 Å². The second kappa shape index (κ2) is 27.4. The lowest BCUT2D eigenvalue weighted by atomic mass is 10.0. The molecule has 3 unspecified atom stereocenters. The quantitative estimate of drug-likeness (QED) is 0.0507. The van der Waals surface area contributed by atoms with Gasteiger partial charge in [-0.25, -0.2) is 0 Å². The molecule has 0 radical (unpaired) electrons. The predicted octanol–water partition coefficient (Wildman–Crippen LogP) is 10.1. The highest BCUT2D eigenvalue weighted by atomic mass is 16.4. The van der Waals surface area contributed by atoms with E-state index in [2.05, 4.69) is 19.2 Å². The van der Waals surface area contributed by atoms with E-state index in [1.165, 1.54) is 109 Å². The summed E-state index contributed by atoms with van der Waals surface area (Å²) in [7, 11) is 0. The molecule has 0 amide bonds. The lowest BCUT2D eigenvalue weighted by Gasteiger charge is -2.37. The Hall–Kier alpha value is -1.89. The third kappa shape index (κ3) is 23.5. The van der Waals surface area contributed by atoms with Gasteiger partial charge < -0.3 is 15.3 Å². The van der Waals surface area contributed by atoms with Crippen LogP contribution in [0.1, 0.15) is 169 Å². The maximum Gasteiger partial charge on any atom is 0.306 e. The Morgan fingerprint density at radius 3 is 1.05 bits per heavy atom. The average molecular weight is 625 g/mol. The highest BCUT2D eigenvalue weighted by Crippen LogP contribution is 2.22. The molecule has 7 nitrogen and oxygen atoms in total. The molecule has 0 rings (SSSR count). The minimum Gasteiger partial charge on any atom is -0.481 e. The van der Waals surface area contributed by atoms with E-state index in [0.29, 0.717) is 43.4 Å². The number of hydrogen-bond donors (Lipinski definition) is 3. The van der Waals surface area contributed by atoms with Gasteiger partial charge in [-0.3, -0.25) is 18.9 Å². The minimum atomic E-state index is -0.844. The van der Waals surface area contributed by atoms with Crippen LogP contribution in [0.5, 0.6) is 0 Å². The van der Waals surface area contributed by atoms with Crippen LogP contribution >= 0.6 is 0 Å². The first kappa shape index (κ1) is 42.1. The van der Waals surface area contributed by atoms with Crippen molar-refractivity contribution >= 4 is 17.9 Å². The second-order valence-corrected chi connectivity index (χ2v) is 13.7. The first-order chi connectivity index (χ1) is 21.0. The fraction of sp³-hybridized carbons (Fsp3) is 0.865. The standard InChI is InChI=1S/C37H69NO6/c1-5-6-7-8-9-10-11-12-13-14-15-16-17-18-19-20-21-22-23-24-28-38(29-25-32(2)35(39)40,30-26-33(3)36(41)42)31-27-34(4)37(43)44/h24,28,32-34H,5-23,25-27,29-31H2,1-4H3,(H2-,39,40,41,42,43,44)/p+1/b28-24+. The van der Waals surface area contributed by atoms with Gasteiger partial charge in [-0.2, -0.15) is 0 Å². The van der Waals surface area contributed by atoms with Crippen LogP contribution in [0, 0.1) is 17.8 Å². The number of hydrogen-bond acceptors (Lipinski definition) is 3. The van der Waals surface area contributed by atoms with E-state index in [0.717, 1.165) is 12.8 Å². The van der Waals surface area contributed by atoms with Crippen LogP contribution in [0.3, 0.4) is 0 Å². The minimum absolute atomic E-state index is 0.436. The fourth-order valence-electron chi connectivity index (χ4n) is 5.74. The maximum atomic E-state index is 11.5. The van der Waals surface area contributed by atoms with E-state index in [1.807, 2.05) is 0 Å². The van der Waals surface area contributed by atoms with Crippen LogP contribution in [0.4, 0.5) is 0 Å². The smallest absolute Gasteiger partial charge is 0.306 e. The van der Waals surface area contributed by atoms with Gasteiger partial charge in [0.1, 0.15) is 0 Å². The van der Waals surface area contributed by atoms with Crippen molar-refractivity contribution in [2.75, 3.05) is 19.6 Å². The first-order valence-corrected chi connectivity index (χ1v) is 18.3. The summed E-state index contributed by atoms with van der Waals surface area (Å²) < 4.78 is 0.436. The summed E-state index contributed by atoms with van der Waals surface area (Å²) in [6.07, 6.45) is 30.8. The summed E-state index contributed by atoms with van der Waals surface area (Å²) >= 11 is 0. The van der Waals surface area contributed by atoms with Crippen molar-refractivity contribution in [2.45, 2.75) is 169 Å². The normalized spacial score (nSPS) is 15.2. The molecule has 0 heterocycles. The third-order valence-corrected chi connectivity index (χ3v) is 9.43. The van der Waals surface area contributed by atoms with E-state index in [4.69, 9.17) is 0 Å². The van der Waals surface area contributed by atoms with Crippen molar-refractivity contribution in [3.8, 4) is 0 Å². The summed E-state index contributed by atoms with van der Waals surface area (Å²) in [5.41, 5.74) is 0. The molecule has 7 heteroatoms. The summed E-state index contributed by atoms with van der Waals surface area (Å²) in [5.74, 6) is -4.06. The molecule has 0 saturated heterocycles. The third-order valence-electron chi connectivity index (χ3n) is 9.43. The number of nitrogens with zero attached hydrogens (tertiary/aromatic N) is 1. The highest BCUT2D eigenvalue weighted by Gasteiger charge is 2.30. The Morgan fingerprint density at radius 1 is 0.500 bits per heavy atom. The van der Waals surface area contributed by atoms with Gasteiger partial charge >= 0.3 is 17.9 Å². The number of carboxylic acids is 3. The van der Waals surface area contributed by atoms with E-state index in [9.17, 15) is 29.7 Å². The van der Waals surface area contributed by atoms with Crippen molar-refractivity contribution < 1.29 is 34.2 Å². The van der Waals surface area contributed by atoms with Gasteiger partial charge in [0.2, 0.25) is 0 Å². The number of allylic oxidation sites excluding steroid dienone is 1. The Labute approximate surface area is 270 Å². The lowest BCUT2D eigenvalue weighted by molar-refractivity contribution is -0.881. The topological polar surface area (TPSA) is 112 Å². The van der Waals surface area contributed by atoms with Crippen LogP contribution in [-0.4, -0.2) is 57.3 Å². The fourth-order valence-corrected chi connectivity index (χ4v) is 5.74. The molecule has 0 spiro atoms. The number of carbonyl (C=O) groups is 3. The molecule has 0 aromatic heterocycles. The molecule has 3 atom stereocenters. The molecule has 0 saturated carbocycles. The second-order valence-electron chi connectivity index (χ2n) is 13.7. The summed E-state index contributed by atoms with van der Waals surface area (Å²) in [6.45, 7) is 9.02. The van der Waals surface area contributed by atoms with Crippen LogP contribution in [0.25, 0.3) is 0 Å². The van der Waals surface area contributed by atoms with Crippen LogP contribution in [0.15, 0.2) is 12.3 Å². The summed E-state index contributed by atoms with van der Waals surface area (Å²) in [4.78, 5) is 34.5. The van der Waals surface area contributed by atoms with E-state index in [-0.39, 0.29) is 0 Å². The van der Waals surface area contributed by atoms with Gasteiger partial charge in [0.05, 0.1) is 43.6 Å². The van der Waals surface area contributed by atoms with Gasteiger partial charge in [-0.1, -0.05) is 137 Å². The zero-order valence-corrected chi connectivity index (χ0v) is 29.1. The molecule has 0 aliphatic heterocycles. The Bertz CT molecular complexity index is 707. The maximum absolute atomic E-state index is 11.5. The molecule has 0 bridgehead atoms. The number of carboxylic acid groups (broad SMARTS) is 3. The molecule has 0 aromatic rings. The SMILES string of the molecule is CCCCCCCCCCCCCCCCCCCC/C=C/[N+](CCC(C)C(=O)O)(CCC(C)C(=O)O)CCC(C)C(=O)O. The first-order valence-electron chi connectivity index (χ1n) is 18.3.